The third-order valence-electron chi connectivity index (χ3n) is 5.34. The van der Waals surface area contributed by atoms with Gasteiger partial charge in [-0.3, -0.25) is 0 Å². The van der Waals surface area contributed by atoms with Crippen LogP contribution in [0.5, 0.6) is 0 Å². The highest BCUT2D eigenvalue weighted by atomic mass is 14.2. The van der Waals surface area contributed by atoms with Gasteiger partial charge in [-0.2, -0.15) is 0 Å². The van der Waals surface area contributed by atoms with E-state index in [1.807, 2.05) is 0 Å². The molecular weight excluding hydrogens is 312 g/mol. The van der Waals surface area contributed by atoms with Crippen molar-refractivity contribution < 1.29 is 0 Å². The molecule has 0 saturated carbocycles. The Kier molecular flexibility index (Phi) is 4.75. The van der Waals surface area contributed by atoms with Crippen LogP contribution in [0.25, 0.3) is 28.3 Å². The number of allylic oxidation sites excluding steroid dienone is 1. The van der Waals surface area contributed by atoms with Crippen LogP contribution in [-0.2, 0) is 12.8 Å². The van der Waals surface area contributed by atoms with Crippen molar-refractivity contribution in [2.75, 3.05) is 0 Å². The first-order valence-electron chi connectivity index (χ1n) is 9.74. The molecule has 3 aromatic rings. The summed E-state index contributed by atoms with van der Waals surface area (Å²) in [6.45, 7) is 4.53. The minimum atomic E-state index is 0.609. The van der Waals surface area contributed by atoms with E-state index in [9.17, 15) is 0 Å². The van der Waals surface area contributed by atoms with Crippen LogP contribution in [0.4, 0.5) is 0 Å². The maximum atomic E-state index is 2.34. The number of benzene rings is 3. The molecule has 0 saturated heterocycles. The first-order valence-corrected chi connectivity index (χ1v) is 9.74. The normalized spacial score (nSPS) is 15.7. The van der Waals surface area contributed by atoms with Gasteiger partial charge in [0.05, 0.1) is 0 Å². The Morgan fingerprint density at radius 2 is 1.62 bits per heavy atom. The van der Waals surface area contributed by atoms with Crippen LogP contribution in [-0.4, -0.2) is 0 Å². The first kappa shape index (κ1) is 16.8. The third kappa shape index (κ3) is 3.37. The molecule has 0 aliphatic heterocycles. The highest BCUT2D eigenvalue weighted by Crippen LogP contribution is 2.34. The third-order valence-corrected chi connectivity index (χ3v) is 5.34. The molecule has 0 radical (unpaired) electrons. The molecule has 4 rings (SSSR count). The van der Waals surface area contributed by atoms with E-state index < -0.39 is 0 Å². The summed E-state index contributed by atoms with van der Waals surface area (Å²) in [5.41, 5.74) is 9.56. The molecule has 1 unspecified atom stereocenters. The minimum absolute atomic E-state index is 0.609. The van der Waals surface area contributed by atoms with E-state index in [1.165, 1.54) is 45.4 Å². The van der Waals surface area contributed by atoms with Gasteiger partial charge in [-0.25, -0.2) is 0 Å². The van der Waals surface area contributed by atoms with Gasteiger partial charge in [0.1, 0.15) is 0 Å². The van der Waals surface area contributed by atoms with Crippen molar-refractivity contribution in [2.24, 2.45) is 5.92 Å². The summed E-state index contributed by atoms with van der Waals surface area (Å²) in [6, 6.07) is 24.7. The molecule has 1 atom stereocenters. The van der Waals surface area contributed by atoms with Crippen LogP contribution in [0.2, 0.25) is 0 Å². The fourth-order valence-corrected chi connectivity index (χ4v) is 3.94. The van der Waals surface area contributed by atoms with Gasteiger partial charge in [0.25, 0.3) is 0 Å². The zero-order chi connectivity index (χ0) is 17.9. The average molecular weight is 338 g/mol. The standard InChI is InChI=1S/C26H26/c1-3-6-20-12-15-21(16-13-20)23-8-4-9-24(18-23)25-10-5-7-22-14-11-19(2)17-26(22)25/h4-5,7-16,18-19H,3,6,17H2,1-2H3. The SMILES string of the molecule is CCCc1ccc(-c2cccc(-c3cccc4c3CC(C)C=C4)c2)cc1. The van der Waals surface area contributed by atoms with E-state index in [1.54, 1.807) is 0 Å². The summed E-state index contributed by atoms with van der Waals surface area (Å²) >= 11 is 0. The van der Waals surface area contributed by atoms with E-state index in [4.69, 9.17) is 0 Å². The molecule has 0 amide bonds. The lowest BCUT2D eigenvalue weighted by Gasteiger charge is -2.20. The van der Waals surface area contributed by atoms with Crippen LogP contribution in [0.1, 0.15) is 37.0 Å². The van der Waals surface area contributed by atoms with Crippen LogP contribution in [0.15, 0.2) is 72.8 Å². The molecule has 3 aromatic carbocycles. The fourth-order valence-electron chi connectivity index (χ4n) is 3.94. The van der Waals surface area contributed by atoms with Crippen LogP contribution in [0, 0.1) is 5.92 Å². The summed E-state index contributed by atoms with van der Waals surface area (Å²) in [5.74, 6) is 0.609. The molecule has 26 heavy (non-hydrogen) atoms. The Hall–Kier alpha value is -2.60. The Labute approximate surface area is 157 Å². The quantitative estimate of drug-likeness (QED) is 0.472. The molecule has 0 N–H and O–H groups in total. The molecule has 1 aliphatic carbocycles. The van der Waals surface area contributed by atoms with Gasteiger partial charge in [-0.05, 0) is 63.8 Å². The summed E-state index contributed by atoms with van der Waals surface area (Å²) in [5, 5.41) is 0. The molecule has 1 aliphatic rings. The van der Waals surface area contributed by atoms with Crippen molar-refractivity contribution in [2.45, 2.75) is 33.1 Å². The second-order valence-electron chi connectivity index (χ2n) is 7.44. The minimum Gasteiger partial charge on any atom is -0.0808 e. The predicted octanol–water partition coefficient (Wildman–Crippen LogP) is 7.18. The maximum absolute atomic E-state index is 2.34. The van der Waals surface area contributed by atoms with Crippen molar-refractivity contribution in [1.29, 1.82) is 0 Å². The maximum Gasteiger partial charge on any atom is -0.0146 e. The van der Waals surface area contributed by atoms with Crippen molar-refractivity contribution in [3.05, 3.63) is 89.5 Å². The van der Waals surface area contributed by atoms with Crippen LogP contribution >= 0.6 is 0 Å². The second-order valence-corrected chi connectivity index (χ2v) is 7.44. The molecule has 0 nitrogen and oxygen atoms in total. The lowest BCUT2D eigenvalue weighted by molar-refractivity contribution is 0.718. The molecule has 0 aromatic heterocycles. The van der Waals surface area contributed by atoms with Gasteiger partial charge in [0.2, 0.25) is 0 Å². The summed E-state index contributed by atoms with van der Waals surface area (Å²) in [6.07, 6.45) is 8.07. The molecule has 0 heterocycles. The molecule has 0 heteroatoms. The Morgan fingerprint density at radius 3 is 2.42 bits per heavy atom. The molecule has 0 fully saturated rings. The number of hydrogen-bond acceptors (Lipinski definition) is 0. The van der Waals surface area contributed by atoms with Crippen LogP contribution in [0.3, 0.4) is 0 Å². The molecule has 0 spiro atoms. The Morgan fingerprint density at radius 1 is 0.846 bits per heavy atom. The van der Waals surface area contributed by atoms with Gasteiger partial charge < -0.3 is 0 Å². The molecular formula is C26H26. The number of hydrogen-bond donors (Lipinski definition) is 0. The number of rotatable bonds is 4. The van der Waals surface area contributed by atoms with E-state index in [0.717, 1.165) is 12.8 Å². The topological polar surface area (TPSA) is 0 Å². The highest BCUT2D eigenvalue weighted by Gasteiger charge is 2.15. The van der Waals surface area contributed by atoms with E-state index >= 15 is 0 Å². The first-order chi connectivity index (χ1) is 12.7. The summed E-state index contributed by atoms with van der Waals surface area (Å²) in [7, 11) is 0. The van der Waals surface area contributed by atoms with Crippen molar-refractivity contribution in [3.8, 4) is 22.3 Å². The summed E-state index contributed by atoms with van der Waals surface area (Å²) < 4.78 is 0. The Balaban J connectivity index is 1.72. The van der Waals surface area contributed by atoms with Gasteiger partial charge in [0, 0.05) is 0 Å². The van der Waals surface area contributed by atoms with E-state index in [0.29, 0.717) is 5.92 Å². The lowest BCUT2D eigenvalue weighted by atomic mass is 9.85. The molecule has 130 valence electrons. The van der Waals surface area contributed by atoms with Gasteiger partial charge in [-0.1, -0.05) is 93.1 Å². The Bertz CT molecular complexity index is 929. The highest BCUT2D eigenvalue weighted by molar-refractivity contribution is 5.78. The number of aryl methyl sites for hydroxylation is 1. The second kappa shape index (κ2) is 7.33. The molecule has 0 bridgehead atoms. The van der Waals surface area contributed by atoms with Crippen molar-refractivity contribution in [3.63, 3.8) is 0 Å². The predicted molar refractivity (Wildman–Crippen MR) is 113 cm³/mol. The monoisotopic (exact) mass is 338 g/mol. The zero-order valence-corrected chi connectivity index (χ0v) is 15.7. The fraction of sp³-hybridized carbons (Fsp3) is 0.231. The van der Waals surface area contributed by atoms with E-state index in [2.05, 4.69) is 92.7 Å². The van der Waals surface area contributed by atoms with E-state index in [-0.39, 0.29) is 0 Å². The van der Waals surface area contributed by atoms with Gasteiger partial charge in [-0.15, -0.1) is 0 Å². The lowest BCUT2D eigenvalue weighted by Crippen LogP contribution is -2.05. The zero-order valence-electron chi connectivity index (χ0n) is 15.7. The smallest absolute Gasteiger partial charge is 0.0146 e. The summed E-state index contributed by atoms with van der Waals surface area (Å²) in [4.78, 5) is 0. The van der Waals surface area contributed by atoms with Gasteiger partial charge >= 0.3 is 0 Å². The average Bonchev–Trinajstić information content (AvgIpc) is 2.68. The van der Waals surface area contributed by atoms with Crippen molar-refractivity contribution in [1.82, 2.24) is 0 Å². The van der Waals surface area contributed by atoms with Crippen LogP contribution < -0.4 is 0 Å². The number of fused-ring (bicyclic) bond motifs is 1. The van der Waals surface area contributed by atoms with Crippen molar-refractivity contribution >= 4 is 6.08 Å². The largest absolute Gasteiger partial charge is 0.0808 e. The van der Waals surface area contributed by atoms with Gasteiger partial charge in [0.15, 0.2) is 0 Å².